The highest BCUT2D eigenvalue weighted by molar-refractivity contribution is 6.54. The van der Waals surface area contributed by atoms with Crippen molar-refractivity contribution in [3.63, 3.8) is 0 Å². The first-order valence-corrected chi connectivity index (χ1v) is 7.99. The SMILES string of the molecule is C[SiH](Oc1ccc(CCl)cc1)C(C)(C)C. The van der Waals surface area contributed by atoms with Gasteiger partial charge >= 0.3 is 0 Å². The van der Waals surface area contributed by atoms with Crippen LogP contribution in [-0.2, 0) is 5.88 Å². The van der Waals surface area contributed by atoms with Gasteiger partial charge in [-0.05, 0) is 29.3 Å². The van der Waals surface area contributed by atoms with Crippen molar-refractivity contribution in [2.75, 3.05) is 0 Å². The van der Waals surface area contributed by atoms with E-state index in [1.807, 2.05) is 24.3 Å². The third-order valence-electron chi connectivity index (χ3n) is 2.61. The number of hydrogen-bond acceptors (Lipinski definition) is 1. The second kappa shape index (κ2) is 5.04. The van der Waals surface area contributed by atoms with Crippen molar-refractivity contribution in [3.05, 3.63) is 29.8 Å². The van der Waals surface area contributed by atoms with Crippen molar-refractivity contribution in [2.45, 2.75) is 38.2 Å². The first-order valence-electron chi connectivity index (χ1n) is 5.25. The van der Waals surface area contributed by atoms with Gasteiger partial charge in [-0.3, -0.25) is 0 Å². The summed E-state index contributed by atoms with van der Waals surface area (Å²) in [6.45, 7) is 8.93. The topological polar surface area (TPSA) is 9.23 Å². The van der Waals surface area contributed by atoms with Gasteiger partial charge in [-0.25, -0.2) is 0 Å². The zero-order chi connectivity index (χ0) is 11.5. The fourth-order valence-corrected chi connectivity index (χ4v) is 2.14. The molecule has 0 saturated carbocycles. The van der Waals surface area contributed by atoms with Gasteiger partial charge in [0.15, 0.2) is 0 Å². The minimum absolute atomic E-state index is 0.297. The van der Waals surface area contributed by atoms with Gasteiger partial charge < -0.3 is 4.43 Å². The molecule has 0 fully saturated rings. The summed E-state index contributed by atoms with van der Waals surface area (Å²) in [6, 6.07) is 8.05. The van der Waals surface area contributed by atoms with Crippen LogP contribution in [0.5, 0.6) is 5.75 Å². The van der Waals surface area contributed by atoms with Crippen LogP contribution in [0.15, 0.2) is 24.3 Å². The number of rotatable bonds is 3. The predicted molar refractivity (Wildman–Crippen MR) is 69.4 cm³/mol. The molecular formula is C12H19ClOSi. The Morgan fingerprint density at radius 3 is 2.13 bits per heavy atom. The first-order chi connectivity index (χ1) is 6.93. The molecule has 3 heteroatoms. The van der Waals surface area contributed by atoms with Gasteiger partial charge in [0.1, 0.15) is 5.75 Å². The number of benzene rings is 1. The van der Waals surface area contributed by atoms with Gasteiger partial charge in [-0.1, -0.05) is 32.9 Å². The molecule has 0 spiro atoms. The first kappa shape index (κ1) is 12.6. The van der Waals surface area contributed by atoms with E-state index in [2.05, 4.69) is 27.3 Å². The summed E-state index contributed by atoms with van der Waals surface area (Å²) in [6.07, 6.45) is 0. The van der Waals surface area contributed by atoms with Crippen molar-refractivity contribution in [1.82, 2.24) is 0 Å². The Balaban J connectivity index is 2.65. The molecule has 1 nitrogen and oxygen atoms in total. The number of alkyl halides is 1. The molecule has 1 aromatic rings. The Bertz CT molecular complexity index is 302. The second-order valence-corrected chi connectivity index (χ2v) is 8.42. The van der Waals surface area contributed by atoms with Crippen LogP contribution in [0.4, 0.5) is 0 Å². The molecule has 0 radical (unpaired) electrons. The Morgan fingerprint density at radius 1 is 1.20 bits per heavy atom. The van der Waals surface area contributed by atoms with Crippen molar-refractivity contribution in [1.29, 1.82) is 0 Å². The Morgan fingerprint density at radius 2 is 1.73 bits per heavy atom. The average Bonchev–Trinajstić information content (AvgIpc) is 2.17. The van der Waals surface area contributed by atoms with E-state index in [4.69, 9.17) is 16.0 Å². The second-order valence-electron chi connectivity index (χ2n) is 4.90. The largest absolute Gasteiger partial charge is 0.546 e. The van der Waals surface area contributed by atoms with Crippen molar-refractivity contribution in [3.8, 4) is 5.75 Å². The van der Waals surface area contributed by atoms with E-state index in [1.165, 1.54) is 0 Å². The van der Waals surface area contributed by atoms with Crippen LogP contribution in [0.1, 0.15) is 26.3 Å². The summed E-state index contributed by atoms with van der Waals surface area (Å²) in [5.74, 6) is 1.53. The number of hydrogen-bond donors (Lipinski definition) is 0. The fourth-order valence-electron chi connectivity index (χ4n) is 1.04. The highest BCUT2D eigenvalue weighted by atomic mass is 35.5. The van der Waals surface area contributed by atoms with Crippen LogP contribution in [0.3, 0.4) is 0 Å². The molecule has 15 heavy (non-hydrogen) atoms. The van der Waals surface area contributed by atoms with E-state index in [0.29, 0.717) is 10.9 Å². The molecule has 84 valence electrons. The quantitative estimate of drug-likeness (QED) is 0.576. The van der Waals surface area contributed by atoms with Gasteiger partial charge in [0.05, 0.1) is 0 Å². The van der Waals surface area contributed by atoms with Crippen LogP contribution < -0.4 is 4.43 Å². The molecule has 1 unspecified atom stereocenters. The summed E-state index contributed by atoms with van der Waals surface area (Å²) in [4.78, 5) is 0. The van der Waals surface area contributed by atoms with E-state index >= 15 is 0 Å². The maximum absolute atomic E-state index is 5.97. The Hall–Kier alpha value is -0.473. The van der Waals surface area contributed by atoms with E-state index in [0.717, 1.165) is 11.3 Å². The molecule has 0 bridgehead atoms. The standard InChI is InChI=1S/C12H19ClOSi/c1-12(2,3)15(4)14-11-7-5-10(9-13)6-8-11/h5-8,15H,9H2,1-4H3. The number of halogens is 1. The molecule has 0 heterocycles. The van der Waals surface area contributed by atoms with E-state index in [1.54, 1.807) is 0 Å². The molecule has 1 aromatic carbocycles. The third kappa shape index (κ3) is 3.88. The molecule has 1 atom stereocenters. The molecule has 0 aromatic heterocycles. The highest BCUT2D eigenvalue weighted by Crippen LogP contribution is 2.28. The van der Waals surface area contributed by atoms with Crippen LogP contribution >= 0.6 is 11.6 Å². The monoisotopic (exact) mass is 242 g/mol. The molecule has 0 aliphatic rings. The minimum atomic E-state index is -1.17. The lowest BCUT2D eigenvalue weighted by Crippen LogP contribution is -2.28. The zero-order valence-corrected chi connectivity index (χ0v) is 11.8. The molecule has 0 amide bonds. The van der Waals surface area contributed by atoms with E-state index < -0.39 is 9.04 Å². The van der Waals surface area contributed by atoms with Crippen LogP contribution in [0, 0.1) is 0 Å². The lowest BCUT2D eigenvalue weighted by Gasteiger charge is -2.26. The summed E-state index contributed by atoms with van der Waals surface area (Å²) in [5, 5.41) is 0.297. The minimum Gasteiger partial charge on any atom is -0.546 e. The highest BCUT2D eigenvalue weighted by Gasteiger charge is 2.24. The molecule has 0 aliphatic heterocycles. The van der Waals surface area contributed by atoms with Crippen LogP contribution in [-0.4, -0.2) is 9.04 Å². The fraction of sp³-hybridized carbons (Fsp3) is 0.500. The lowest BCUT2D eigenvalue weighted by atomic mass is 10.2. The predicted octanol–water partition coefficient (Wildman–Crippen LogP) is 3.96. The normalized spacial score (nSPS) is 13.7. The average molecular weight is 243 g/mol. The van der Waals surface area contributed by atoms with Crippen LogP contribution in [0.2, 0.25) is 11.6 Å². The Labute approximate surface area is 99.1 Å². The molecular weight excluding hydrogens is 224 g/mol. The van der Waals surface area contributed by atoms with Crippen LogP contribution in [0.25, 0.3) is 0 Å². The molecule has 0 N–H and O–H groups in total. The van der Waals surface area contributed by atoms with Crippen molar-refractivity contribution in [2.24, 2.45) is 0 Å². The summed E-state index contributed by atoms with van der Waals surface area (Å²) >= 11 is 5.73. The van der Waals surface area contributed by atoms with Gasteiger partial charge in [-0.15, -0.1) is 11.6 Å². The van der Waals surface area contributed by atoms with Gasteiger partial charge in [0.25, 0.3) is 0 Å². The zero-order valence-electron chi connectivity index (χ0n) is 9.88. The van der Waals surface area contributed by atoms with Crippen molar-refractivity contribution < 1.29 is 4.43 Å². The van der Waals surface area contributed by atoms with E-state index in [-0.39, 0.29) is 0 Å². The summed E-state index contributed by atoms with van der Waals surface area (Å²) in [5.41, 5.74) is 1.13. The van der Waals surface area contributed by atoms with Crippen molar-refractivity contribution >= 4 is 20.6 Å². The maximum Gasteiger partial charge on any atom is 0.237 e. The van der Waals surface area contributed by atoms with Gasteiger partial charge in [-0.2, -0.15) is 0 Å². The van der Waals surface area contributed by atoms with E-state index in [9.17, 15) is 0 Å². The smallest absolute Gasteiger partial charge is 0.237 e. The maximum atomic E-state index is 5.97. The molecule has 1 rings (SSSR count). The summed E-state index contributed by atoms with van der Waals surface area (Å²) < 4.78 is 5.97. The molecule has 0 aliphatic carbocycles. The Kier molecular flexibility index (Phi) is 4.23. The summed E-state index contributed by atoms with van der Waals surface area (Å²) in [7, 11) is -1.17. The third-order valence-corrected chi connectivity index (χ3v) is 5.98. The van der Waals surface area contributed by atoms with Gasteiger partial charge in [0, 0.05) is 5.88 Å². The molecule has 0 saturated heterocycles. The lowest BCUT2D eigenvalue weighted by molar-refractivity contribution is 0.520. The van der Waals surface area contributed by atoms with Gasteiger partial charge in [0.2, 0.25) is 9.04 Å².